The Morgan fingerprint density at radius 2 is 1.85 bits per heavy atom. The topological polar surface area (TPSA) is 78.5 Å². The summed E-state index contributed by atoms with van der Waals surface area (Å²) in [5.41, 5.74) is 0.375. The average molecular weight is 404 g/mol. The van der Waals surface area contributed by atoms with E-state index in [2.05, 4.69) is 10.6 Å². The molecule has 0 saturated carbocycles. The van der Waals surface area contributed by atoms with Gasteiger partial charge in [-0.2, -0.15) is 4.31 Å². The van der Waals surface area contributed by atoms with Crippen LogP contribution in [0.2, 0.25) is 0 Å². The molecule has 1 atom stereocenters. The second-order valence-corrected chi connectivity index (χ2v) is 8.45. The molecular weight excluding hydrogens is 374 g/mol. The van der Waals surface area contributed by atoms with Gasteiger partial charge in [-0.25, -0.2) is 8.42 Å². The van der Waals surface area contributed by atoms with E-state index in [-0.39, 0.29) is 29.3 Å². The number of hydrogen-bond acceptors (Lipinski definition) is 4. The van der Waals surface area contributed by atoms with Gasteiger partial charge in [0.15, 0.2) is 0 Å². The van der Waals surface area contributed by atoms with Crippen LogP contribution >= 0.6 is 12.4 Å². The summed E-state index contributed by atoms with van der Waals surface area (Å²) in [7, 11) is -3.54. The van der Waals surface area contributed by atoms with Crippen LogP contribution in [0.1, 0.15) is 49.9 Å². The minimum Gasteiger partial charge on any atom is -0.350 e. The van der Waals surface area contributed by atoms with Crippen molar-refractivity contribution in [2.24, 2.45) is 0 Å². The molecule has 0 radical (unpaired) electrons. The molecule has 8 heteroatoms. The number of rotatable bonds is 7. The Morgan fingerprint density at radius 3 is 2.46 bits per heavy atom. The maximum atomic E-state index is 12.9. The standard InChI is InChI=1S/C18H29N3O3S.ClH/c1-3-19-15(2)14-20-18(22)16-9-8-10-17(13-16)25(23,24)21-11-6-4-5-7-12-21;/h8-10,13,15,19H,3-7,11-12,14H2,1-2H3,(H,20,22);1H/t15-;/m1./s1. The first-order valence-electron chi connectivity index (χ1n) is 9.07. The Labute approximate surface area is 163 Å². The van der Waals surface area contributed by atoms with E-state index in [4.69, 9.17) is 0 Å². The molecule has 0 aromatic heterocycles. The maximum absolute atomic E-state index is 12.9. The molecule has 1 amide bonds. The van der Waals surface area contributed by atoms with E-state index in [9.17, 15) is 13.2 Å². The highest BCUT2D eigenvalue weighted by Gasteiger charge is 2.25. The molecule has 0 bridgehead atoms. The molecule has 148 valence electrons. The van der Waals surface area contributed by atoms with Crippen molar-refractivity contribution in [3.05, 3.63) is 29.8 Å². The van der Waals surface area contributed by atoms with Crippen LogP contribution in [0.15, 0.2) is 29.2 Å². The number of hydrogen-bond donors (Lipinski definition) is 2. The van der Waals surface area contributed by atoms with Crippen LogP contribution in [0.5, 0.6) is 0 Å². The fourth-order valence-corrected chi connectivity index (χ4v) is 4.56. The average Bonchev–Trinajstić information content (AvgIpc) is 2.90. The lowest BCUT2D eigenvalue weighted by atomic mass is 10.2. The lowest BCUT2D eigenvalue weighted by Crippen LogP contribution is -2.38. The smallest absolute Gasteiger partial charge is 0.251 e. The highest BCUT2D eigenvalue weighted by atomic mass is 35.5. The van der Waals surface area contributed by atoms with E-state index in [0.717, 1.165) is 32.2 Å². The molecule has 0 aliphatic carbocycles. The third-order valence-corrected chi connectivity index (χ3v) is 6.32. The van der Waals surface area contributed by atoms with Gasteiger partial charge in [-0.15, -0.1) is 12.4 Å². The van der Waals surface area contributed by atoms with Crippen molar-refractivity contribution in [1.82, 2.24) is 14.9 Å². The lowest BCUT2D eigenvalue weighted by Gasteiger charge is -2.20. The summed E-state index contributed by atoms with van der Waals surface area (Å²) < 4.78 is 27.2. The number of benzene rings is 1. The third kappa shape index (κ3) is 6.23. The largest absolute Gasteiger partial charge is 0.350 e. The molecule has 0 unspecified atom stereocenters. The van der Waals surface area contributed by atoms with Gasteiger partial charge in [0.1, 0.15) is 0 Å². The molecule has 2 rings (SSSR count). The second kappa shape index (κ2) is 10.9. The van der Waals surface area contributed by atoms with Crippen molar-refractivity contribution in [3.63, 3.8) is 0 Å². The van der Waals surface area contributed by atoms with Gasteiger partial charge in [0, 0.05) is 31.2 Å². The van der Waals surface area contributed by atoms with Gasteiger partial charge in [-0.1, -0.05) is 25.8 Å². The first-order valence-corrected chi connectivity index (χ1v) is 10.5. The van der Waals surface area contributed by atoms with Crippen molar-refractivity contribution in [1.29, 1.82) is 0 Å². The number of amides is 1. The number of nitrogens with one attached hydrogen (secondary N) is 2. The number of nitrogens with zero attached hydrogens (tertiary/aromatic N) is 1. The van der Waals surface area contributed by atoms with Crippen molar-refractivity contribution >= 4 is 28.3 Å². The van der Waals surface area contributed by atoms with E-state index >= 15 is 0 Å². The first-order chi connectivity index (χ1) is 11.9. The zero-order valence-electron chi connectivity index (χ0n) is 15.5. The van der Waals surface area contributed by atoms with Crippen LogP contribution in [-0.4, -0.2) is 50.9 Å². The van der Waals surface area contributed by atoms with Gasteiger partial charge in [0.2, 0.25) is 10.0 Å². The summed E-state index contributed by atoms with van der Waals surface area (Å²) >= 11 is 0. The molecule has 1 saturated heterocycles. The zero-order valence-corrected chi connectivity index (χ0v) is 17.2. The van der Waals surface area contributed by atoms with Crippen LogP contribution < -0.4 is 10.6 Å². The van der Waals surface area contributed by atoms with Gasteiger partial charge in [-0.3, -0.25) is 4.79 Å². The number of carbonyl (C=O) groups excluding carboxylic acids is 1. The van der Waals surface area contributed by atoms with E-state index in [1.807, 2.05) is 13.8 Å². The Hall–Kier alpha value is -1.15. The summed E-state index contributed by atoms with van der Waals surface area (Å²) in [5, 5.41) is 6.06. The van der Waals surface area contributed by atoms with Crippen molar-refractivity contribution in [2.75, 3.05) is 26.2 Å². The molecule has 0 spiro atoms. The number of halogens is 1. The molecule has 1 aliphatic heterocycles. The van der Waals surface area contributed by atoms with Gasteiger partial charge < -0.3 is 10.6 Å². The molecule has 6 nitrogen and oxygen atoms in total. The monoisotopic (exact) mass is 403 g/mol. The fourth-order valence-electron chi connectivity index (χ4n) is 3.00. The van der Waals surface area contributed by atoms with E-state index in [1.165, 1.54) is 6.07 Å². The number of sulfonamides is 1. The lowest BCUT2D eigenvalue weighted by molar-refractivity contribution is 0.0950. The SMILES string of the molecule is CCN[C@H](C)CNC(=O)c1cccc(S(=O)(=O)N2CCCCCC2)c1.Cl. The van der Waals surface area contributed by atoms with E-state index < -0.39 is 10.0 Å². The summed E-state index contributed by atoms with van der Waals surface area (Å²) in [6, 6.07) is 6.49. The van der Waals surface area contributed by atoms with Crippen LogP contribution in [0, 0.1) is 0 Å². The van der Waals surface area contributed by atoms with Gasteiger partial charge in [0.25, 0.3) is 5.91 Å². The van der Waals surface area contributed by atoms with Crippen LogP contribution in [-0.2, 0) is 10.0 Å². The number of likely N-dealkylation sites (N-methyl/N-ethyl adjacent to an activating group) is 1. The predicted octanol–water partition coefficient (Wildman–Crippen LogP) is 2.40. The minimum absolute atomic E-state index is 0. The Balaban J connectivity index is 0.00000338. The van der Waals surface area contributed by atoms with E-state index in [1.54, 1.807) is 22.5 Å². The molecule has 1 aliphatic rings. The summed E-state index contributed by atoms with van der Waals surface area (Å²) in [6.07, 6.45) is 3.92. The normalized spacial score (nSPS) is 17.0. The molecule has 2 N–H and O–H groups in total. The summed E-state index contributed by atoms with van der Waals surface area (Å²) in [5.74, 6) is -0.252. The van der Waals surface area contributed by atoms with Gasteiger partial charge >= 0.3 is 0 Å². The zero-order chi connectivity index (χ0) is 18.3. The minimum atomic E-state index is -3.54. The highest BCUT2D eigenvalue weighted by Crippen LogP contribution is 2.21. The third-order valence-electron chi connectivity index (χ3n) is 4.42. The van der Waals surface area contributed by atoms with Crippen LogP contribution in [0.3, 0.4) is 0 Å². The maximum Gasteiger partial charge on any atom is 0.251 e. The Kier molecular flexibility index (Phi) is 9.57. The van der Waals surface area contributed by atoms with Crippen molar-refractivity contribution < 1.29 is 13.2 Å². The molecule has 1 heterocycles. The summed E-state index contributed by atoms with van der Waals surface area (Å²) in [6.45, 7) is 6.44. The Morgan fingerprint density at radius 1 is 1.19 bits per heavy atom. The molecule has 1 aromatic carbocycles. The van der Waals surface area contributed by atoms with Gasteiger partial charge in [-0.05, 0) is 44.5 Å². The predicted molar refractivity (Wildman–Crippen MR) is 106 cm³/mol. The highest BCUT2D eigenvalue weighted by molar-refractivity contribution is 7.89. The molecule has 26 heavy (non-hydrogen) atoms. The molecular formula is C18H30ClN3O3S. The van der Waals surface area contributed by atoms with Gasteiger partial charge in [0.05, 0.1) is 4.90 Å². The quantitative estimate of drug-likeness (QED) is 0.732. The van der Waals surface area contributed by atoms with Crippen molar-refractivity contribution in [2.45, 2.75) is 50.5 Å². The first kappa shape index (κ1) is 22.9. The van der Waals surface area contributed by atoms with Crippen LogP contribution in [0.25, 0.3) is 0 Å². The Bertz CT molecular complexity index is 674. The van der Waals surface area contributed by atoms with Crippen LogP contribution in [0.4, 0.5) is 0 Å². The summed E-state index contributed by atoms with van der Waals surface area (Å²) in [4.78, 5) is 12.5. The van der Waals surface area contributed by atoms with Crippen molar-refractivity contribution in [3.8, 4) is 0 Å². The second-order valence-electron chi connectivity index (χ2n) is 6.51. The molecule has 1 fully saturated rings. The number of carbonyl (C=O) groups is 1. The van der Waals surface area contributed by atoms with E-state index in [0.29, 0.717) is 25.2 Å². The molecule has 1 aromatic rings. The fraction of sp³-hybridized carbons (Fsp3) is 0.611.